The van der Waals surface area contributed by atoms with Crippen molar-refractivity contribution in [3.05, 3.63) is 11.6 Å². The molecule has 6 heteroatoms. The van der Waals surface area contributed by atoms with Gasteiger partial charge in [0.05, 0.1) is 6.07 Å². The highest BCUT2D eigenvalue weighted by molar-refractivity contribution is 5.90. The number of aromatic amines is 1. The zero-order chi connectivity index (χ0) is 12.9. The number of hydrogen-bond acceptors (Lipinski definition) is 4. The van der Waals surface area contributed by atoms with Crippen LogP contribution in [-0.4, -0.2) is 27.6 Å². The maximum Gasteiger partial charge on any atom is 0.290 e. The molecule has 0 bridgehead atoms. The van der Waals surface area contributed by atoms with Gasteiger partial charge in [0.2, 0.25) is 5.82 Å². The van der Waals surface area contributed by atoms with Gasteiger partial charge in [-0.15, -0.1) is 5.10 Å². The lowest BCUT2D eigenvalue weighted by Gasteiger charge is -2.12. The highest BCUT2D eigenvalue weighted by Crippen LogP contribution is 2.17. The first kappa shape index (κ1) is 13.2. The molecule has 0 aliphatic heterocycles. The summed E-state index contributed by atoms with van der Waals surface area (Å²) in [6, 6.07) is 2.02. The smallest absolute Gasteiger partial charge is 0.290 e. The summed E-state index contributed by atoms with van der Waals surface area (Å²) in [5.74, 6) is 0.515. The number of hydrogen-bond donors (Lipinski definition) is 2. The van der Waals surface area contributed by atoms with Gasteiger partial charge in [0, 0.05) is 18.4 Å². The Labute approximate surface area is 100 Å². The van der Waals surface area contributed by atoms with Crippen LogP contribution in [0.2, 0.25) is 0 Å². The molecule has 2 N–H and O–H groups in total. The van der Waals surface area contributed by atoms with E-state index in [1.807, 2.05) is 26.8 Å². The Bertz CT molecular complexity index is 424. The minimum atomic E-state index is -0.310. The number of unbranched alkanes of at least 4 members (excludes halogenated alkanes) is 1. The SMILES string of the molecule is CC(C)(C)c1nc(C(=O)NCCCC#N)n[nH]1. The van der Waals surface area contributed by atoms with E-state index in [4.69, 9.17) is 5.26 Å². The Morgan fingerprint density at radius 2 is 2.24 bits per heavy atom. The van der Waals surface area contributed by atoms with Gasteiger partial charge >= 0.3 is 0 Å². The van der Waals surface area contributed by atoms with Crippen molar-refractivity contribution >= 4 is 5.91 Å². The van der Waals surface area contributed by atoms with Crippen LogP contribution < -0.4 is 5.32 Å². The first-order valence-corrected chi connectivity index (χ1v) is 5.53. The minimum Gasteiger partial charge on any atom is -0.349 e. The van der Waals surface area contributed by atoms with Crippen molar-refractivity contribution in [3.8, 4) is 6.07 Å². The second-order valence-corrected chi connectivity index (χ2v) is 4.78. The van der Waals surface area contributed by atoms with E-state index in [1.165, 1.54) is 0 Å². The van der Waals surface area contributed by atoms with Crippen molar-refractivity contribution in [3.63, 3.8) is 0 Å². The van der Waals surface area contributed by atoms with Crippen LogP contribution in [-0.2, 0) is 5.41 Å². The Morgan fingerprint density at radius 1 is 1.53 bits per heavy atom. The molecule has 0 saturated heterocycles. The maximum atomic E-state index is 11.6. The molecular formula is C11H17N5O. The molecule has 17 heavy (non-hydrogen) atoms. The largest absolute Gasteiger partial charge is 0.349 e. The van der Waals surface area contributed by atoms with E-state index in [-0.39, 0.29) is 17.1 Å². The number of aromatic nitrogens is 3. The molecule has 0 fully saturated rings. The molecule has 0 unspecified atom stereocenters. The lowest BCUT2D eigenvalue weighted by atomic mass is 9.96. The van der Waals surface area contributed by atoms with Crippen molar-refractivity contribution in [1.82, 2.24) is 20.5 Å². The molecule has 1 rings (SSSR count). The molecular weight excluding hydrogens is 218 g/mol. The van der Waals surface area contributed by atoms with E-state index in [0.717, 1.165) is 0 Å². The third-order valence-electron chi connectivity index (χ3n) is 2.15. The molecule has 1 heterocycles. The number of nitriles is 1. The van der Waals surface area contributed by atoms with Crippen molar-refractivity contribution in [2.24, 2.45) is 0 Å². The third kappa shape index (κ3) is 3.87. The van der Waals surface area contributed by atoms with Crippen molar-refractivity contribution in [2.45, 2.75) is 39.0 Å². The van der Waals surface area contributed by atoms with Gasteiger partial charge in [-0.1, -0.05) is 20.8 Å². The summed E-state index contributed by atoms with van der Waals surface area (Å²) in [7, 11) is 0. The molecule has 92 valence electrons. The molecule has 0 saturated carbocycles. The van der Waals surface area contributed by atoms with Gasteiger partial charge in [-0.2, -0.15) is 5.26 Å². The van der Waals surface area contributed by atoms with Gasteiger partial charge in [0.15, 0.2) is 0 Å². The topological polar surface area (TPSA) is 94.5 Å². The molecule has 0 aliphatic rings. The first-order chi connectivity index (χ1) is 7.95. The molecule has 1 aromatic rings. The average molecular weight is 235 g/mol. The van der Waals surface area contributed by atoms with Gasteiger partial charge in [-0.25, -0.2) is 4.98 Å². The van der Waals surface area contributed by atoms with E-state index in [2.05, 4.69) is 20.5 Å². The quantitative estimate of drug-likeness (QED) is 0.765. The molecule has 0 aromatic carbocycles. The van der Waals surface area contributed by atoms with E-state index >= 15 is 0 Å². The zero-order valence-corrected chi connectivity index (χ0v) is 10.4. The number of amides is 1. The monoisotopic (exact) mass is 235 g/mol. The van der Waals surface area contributed by atoms with Gasteiger partial charge in [-0.05, 0) is 6.42 Å². The van der Waals surface area contributed by atoms with Gasteiger partial charge in [-0.3, -0.25) is 9.89 Å². The molecule has 0 aliphatic carbocycles. The second kappa shape index (κ2) is 5.43. The highest BCUT2D eigenvalue weighted by Gasteiger charge is 2.20. The summed E-state index contributed by atoms with van der Waals surface area (Å²) in [6.45, 7) is 6.43. The molecule has 0 atom stereocenters. The van der Waals surface area contributed by atoms with Crippen LogP contribution in [0.3, 0.4) is 0 Å². The number of nitrogens with zero attached hydrogens (tertiary/aromatic N) is 3. The molecule has 0 radical (unpaired) electrons. The average Bonchev–Trinajstić information content (AvgIpc) is 2.72. The van der Waals surface area contributed by atoms with Crippen molar-refractivity contribution in [2.75, 3.05) is 6.54 Å². The van der Waals surface area contributed by atoms with Gasteiger partial charge < -0.3 is 5.32 Å². The van der Waals surface area contributed by atoms with E-state index in [0.29, 0.717) is 25.2 Å². The fourth-order valence-electron chi connectivity index (χ4n) is 1.15. The van der Waals surface area contributed by atoms with Gasteiger partial charge in [0.1, 0.15) is 5.82 Å². The van der Waals surface area contributed by atoms with Crippen LogP contribution in [0.4, 0.5) is 0 Å². The van der Waals surface area contributed by atoms with E-state index < -0.39 is 0 Å². The van der Waals surface area contributed by atoms with Crippen LogP contribution in [0.15, 0.2) is 0 Å². The van der Waals surface area contributed by atoms with E-state index in [9.17, 15) is 4.79 Å². The van der Waals surface area contributed by atoms with Crippen molar-refractivity contribution in [1.29, 1.82) is 5.26 Å². The Balaban J connectivity index is 2.53. The molecule has 0 spiro atoms. The Morgan fingerprint density at radius 3 is 2.76 bits per heavy atom. The first-order valence-electron chi connectivity index (χ1n) is 5.53. The summed E-state index contributed by atoms with van der Waals surface area (Å²) in [6.07, 6.45) is 1.07. The summed E-state index contributed by atoms with van der Waals surface area (Å²) in [5, 5.41) is 17.6. The van der Waals surface area contributed by atoms with Crippen molar-refractivity contribution < 1.29 is 4.79 Å². The highest BCUT2D eigenvalue weighted by atomic mass is 16.2. The summed E-state index contributed by atoms with van der Waals surface area (Å²) in [5.41, 5.74) is -0.160. The van der Waals surface area contributed by atoms with Gasteiger partial charge in [0.25, 0.3) is 5.91 Å². The second-order valence-electron chi connectivity index (χ2n) is 4.78. The Kier molecular flexibility index (Phi) is 4.21. The fraction of sp³-hybridized carbons (Fsp3) is 0.636. The summed E-state index contributed by atoms with van der Waals surface area (Å²) in [4.78, 5) is 15.7. The molecule has 1 aromatic heterocycles. The van der Waals surface area contributed by atoms with E-state index in [1.54, 1.807) is 0 Å². The minimum absolute atomic E-state index is 0.145. The molecule has 6 nitrogen and oxygen atoms in total. The normalized spacial score (nSPS) is 10.9. The predicted octanol–water partition coefficient (Wildman–Crippen LogP) is 1.14. The predicted molar refractivity (Wildman–Crippen MR) is 62.3 cm³/mol. The lowest BCUT2D eigenvalue weighted by Crippen LogP contribution is -2.25. The Hall–Kier alpha value is -1.90. The van der Waals surface area contributed by atoms with Crippen LogP contribution >= 0.6 is 0 Å². The fourth-order valence-corrected chi connectivity index (χ4v) is 1.15. The molecule has 1 amide bonds. The standard InChI is InChI=1S/C11H17N5O/c1-11(2,3)10-14-8(15-16-10)9(17)13-7-5-4-6-12/h4-5,7H2,1-3H3,(H,13,17)(H,14,15,16). The summed E-state index contributed by atoms with van der Waals surface area (Å²) >= 11 is 0. The number of carbonyl (C=O) groups is 1. The van der Waals surface area contributed by atoms with Crippen LogP contribution in [0.5, 0.6) is 0 Å². The summed E-state index contributed by atoms with van der Waals surface area (Å²) < 4.78 is 0. The van der Waals surface area contributed by atoms with Crippen LogP contribution in [0, 0.1) is 11.3 Å². The number of H-pyrrole nitrogens is 1. The lowest BCUT2D eigenvalue weighted by molar-refractivity contribution is 0.0943. The number of nitrogens with one attached hydrogen (secondary N) is 2. The van der Waals surface area contributed by atoms with Crippen LogP contribution in [0.25, 0.3) is 0 Å². The maximum absolute atomic E-state index is 11.6. The third-order valence-corrected chi connectivity index (χ3v) is 2.15. The van der Waals surface area contributed by atoms with Crippen LogP contribution in [0.1, 0.15) is 50.1 Å². The number of carbonyl (C=O) groups excluding carboxylic acids is 1. The number of rotatable bonds is 4. The zero-order valence-electron chi connectivity index (χ0n) is 10.4.